The lowest BCUT2D eigenvalue weighted by Crippen LogP contribution is -1.78. The molecule has 16 heavy (non-hydrogen) atoms. The van der Waals surface area contributed by atoms with Gasteiger partial charge in [0.15, 0.2) is 0 Å². The summed E-state index contributed by atoms with van der Waals surface area (Å²) in [6, 6.07) is 0. The average Bonchev–Trinajstić information content (AvgIpc) is 2.31. The van der Waals surface area contributed by atoms with Gasteiger partial charge in [-0.05, 0) is 25.7 Å². The fraction of sp³-hybridized carbons (Fsp3) is 0.688. The summed E-state index contributed by atoms with van der Waals surface area (Å²) in [6.07, 6.45) is 21.9. The van der Waals surface area contributed by atoms with E-state index in [1.165, 1.54) is 51.4 Å². The van der Waals surface area contributed by atoms with Crippen molar-refractivity contribution in [3.05, 3.63) is 31.2 Å². The Morgan fingerprint density at radius 1 is 0.750 bits per heavy atom. The summed E-state index contributed by atoms with van der Waals surface area (Å²) >= 11 is 0. The maximum atomic E-state index is 3.80. The molecule has 0 bridgehead atoms. The van der Waals surface area contributed by atoms with Crippen molar-refractivity contribution in [2.75, 3.05) is 0 Å². The highest BCUT2D eigenvalue weighted by atomic mass is 13.9. The van der Waals surface area contributed by atoms with E-state index in [0.29, 0.717) is 0 Å². The topological polar surface area (TPSA) is 0 Å². The molecule has 0 N–H and O–H groups in total. The second kappa shape index (κ2) is 14.5. The molecule has 0 spiro atoms. The van der Waals surface area contributed by atoms with Crippen molar-refractivity contribution in [3.8, 4) is 0 Å². The normalized spacial score (nSPS) is 11.9. The van der Waals surface area contributed by atoms with Crippen LogP contribution in [0, 0.1) is 6.92 Å². The van der Waals surface area contributed by atoms with Crippen LogP contribution in [-0.2, 0) is 0 Å². The highest BCUT2D eigenvalue weighted by Crippen LogP contribution is 2.08. The predicted molar refractivity (Wildman–Crippen MR) is 75.5 cm³/mol. The molecule has 0 atom stereocenters. The van der Waals surface area contributed by atoms with E-state index in [0.717, 1.165) is 12.8 Å². The fourth-order valence-corrected chi connectivity index (χ4v) is 1.69. The van der Waals surface area contributed by atoms with Crippen molar-refractivity contribution in [2.24, 2.45) is 0 Å². The summed E-state index contributed by atoms with van der Waals surface area (Å²) < 4.78 is 0. The Bertz CT molecular complexity index is 165. The minimum absolute atomic E-state index is 1.00. The van der Waals surface area contributed by atoms with Crippen molar-refractivity contribution in [1.82, 2.24) is 0 Å². The van der Waals surface area contributed by atoms with Crippen LogP contribution in [-0.4, -0.2) is 0 Å². The number of unbranched alkanes of at least 4 members (excludes halogenated alkanes) is 8. The highest BCUT2D eigenvalue weighted by Gasteiger charge is 1.88. The summed E-state index contributed by atoms with van der Waals surface area (Å²) in [5.41, 5.74) is 0. The Balaban J connectivity index is 3.08. The van der Waals surface area contributed by atoms with Gasteiger partial charge in [-0.3, -0.25) is 0 Å². The molecular weight excluding hydrogens is 192 g/mol. The number of hydrogen-bond donors (Lipinski definition) is 0. The first-order valence-corrected chi connectivity index (χ1v) is 7.02. The maximum absolute atomic E-state index is 3.80. The summed E-state index contributed by atoms with van der Waals surface area (Å²) in [7, 11) is 0. The largest absolute Gasteiger partial charge is 0.0845 e. The molecule has 0 aliphatic heterocycles. The van der Waals surface area contributed by atoms with E-state index in [1.54, 1.807) is 0 Å². The van der Waals surface area contributed by atoms with Gasteiger partial charge in [-0.25, -0.2) is 0 Å². The van der Waals surface area contributed by atoms with Gasteiger partial charge in [-0.15, -0.1) is 0 Å². The zero-order chi connectivity index (χ0) is 11.9. The van der Waals surface area contributed by atoms with Crippen molar-refractivity contribution >= 4 is 0 Å². The molecule has 0 amide bonds. The third-order valence-corrected chi connectivity index (χ3v) is 2.73. The van der Waals surface area contributed by atoms with Gasteiger partial charge in [0.1, 0.15) is 0 Å². The molecule has 0 rings (SSSR count). The number of hydrogen-bond acceptors (Lipinski definition) is 0. The van der Waals surface area contributed by atoms with Crippen LogP contribution in [0.4, 0.5) is 0 Å². The van der Waals surface area contributed by atoms with Gasteiger partial charge in [0, 0.05) is 0 Å². The molecule has 0 nitrogen and oxygen atoms in total. The quantitative estimate of drug-likeness (QED) is 0.303. The summed E-state index contributed by atoms with van der Waals surface area (Å²) in [4.78, 5) is 0. The zero-order valence-electron chi connectivity index (χ0n) is 11.1. The van der Waals surface area contributed by atoms with Crippen LogP contribution >= 0.6 is 0 Å². The number of rotatable bonds is 11. The number of allylic oxidation sites excluding steroid dienone is 4. The van der Waals surface area contributed by atoms with Crippen LogP contribution in [0.15, 0.2) is 24.3 Å². The average molecular weight is 221 g/mol. The Morgan fingerprint density at radius 3 is 1.94 bits per heavy atom. The molecule has 0 saturated carbocycles. The molecule has 0 aromatic heterocycles. The van der Waals surface area contributed by atoms with Gasteiger partial charge in [-0.2, -0.15) is 0 Å². The van der Waals surface area contributed by atoms with Gasteiger partial charge in [0.05, 0.1) is 0 Å². The molecule has 0 aromatic rings. The van der Waals surface area contributed by atoms with Gasteiger partial charge in [0.25, 0.3) is 0 Å². The SMILES string of the molecule is [CH2]CC/C=C/C=C/CCCCCCCCC. The lowest BCUT2D eigenvalue weighted by atomic mass is 10.1. The molecule has 1 radical (unpaired) electrons. The predicted octanol–water partition coefficient (Wildman–Crippen LogP) is 5.85. The van der Waals surface area contributed by atoms with Gasteiger partial charge in [0.2, 0.25) is 0 Å². The lowest BCUT2D eigenvalue weighted by molar-refractivity contribution is 0.592. The van der Waals surface area contributed by atoms with E-state index in [2.05, 4.69) is 38.2 Å². The lowest BCUT2D eigenvalue weighted by Gasteiger charge is -1.98. The van der Waals surface area contributed by atoms with Crippen molar-refractivity contribution in [3.63, 3.8) is 0 Å². The first kappa shape index (κ1) is 15.5. The Morgan fingerprint density at radius 2 is 1.31 bits per heavy atom. The second-order valence-corrected chi connectivity index (χ2v) is 4.41. The Kier molecular flexibility index (Phi) is 14.0. The molecule has 0 aliphatic rings. The molecule has 0 unspecified atom stereocenters. The molecule has 0 fully saturated rings. The van der Waals surface area contributed by atoms with Crippen LogP contribution in [0.1, 0.15) is 71.1 Å². The molecule has 0 saturated heterocycles. The summed E-state index contributed by atoms with van der Waals surface area (Å²) in [5, 5.41) is 0. The van der Waals surface area contributed by atoms with E-state index in [-0.39, 0.29) is 0 Å². The first-order chi connectivity index (χ1) is 7.91. The third kappa shape index (κ3) is 13.5. The van der Waals surface area contributed by atoms with Crippen molar-refractivity contribution in [1.29, 1.82) is 0 Å². The van der Waals surface area contributed by atoms with E-state index >= 15 is 0 Å². The molecule has 0 heterocycles. The van der Waals surface area contributed by atoms with E-state index in [1.807, 2.05) is 0 Å². The minimum Gasteiger partial charge on any atom is -0.0845 e. The van der Waals surface area contributed by atoms with Crippen LogP contribution < -0.4 is 0 Å². The third-order valence-electron chi connectivity index (χ3n) is 2.73. The smallest absolute Gasteiger partial charge is 0.0348 e. The maximum Gasteiger partial charge on any atom is -0.0348 e. The molecule has 0 aliphatic carbocycles. The van der Waals surface area contributed by atoms with Crippen LogP contribution in [0.2, 0.25) is 0 Å². The van der Waals surface area contributed by atoms with Crippen LogP contribution in [0.3, 0.4) is 0 Å². The molecular formula is C16H29. The minimum atomic E-state index is 1.00. The monoisotopic (exact) mass is 221 g/mol. The molecule has 0 heteroatoms. The van der Waals surface area contributed by atoms with Gasteiger partial charge in [-0.1, -0.05) is 76.7 Å². The second-order valence-electron chi connectivity index (χ2n) is 4.41. The Labute approximate surface area is 103 Å². The molecule has 0 aromatic carbocycles. The van der Waals surface area contributed by atoms with Crippen LogP contribution in [0.5, 0.6) is 0 Å². The van der Waals surface area contributed by atoms with Crippen LogP contribution in [0.25, 0.3) is 0 Å². The van der Waals surface area contributed by atoms with E-state index in [9.17, 15) is 0 Å². The van der Waals surface area contributed by atoms with E-state index < -0.39 is 0 Å². The van der Waals surface area contributed by atoms with Gasteiger partial charge >= 0.3 is 0 Å². The highest BCUT2D eigenvalue weighted by molar-refractivity contribution is 5.02. The zero-order valence-corrected chi connectivity index (χ0v) is 11.1. The van der Waals surface area contributed by atoms with Crippen molar-refractivity contribution in [2.45, 2.75) is 71.1 Å². The summed E-state index contributed by atoms with van der Waals surface area (Å²) in [6.45, 7) is 6.07. The Hall–Kier alpha value is -0.520. The van der Waals surface area contributed by atoms with Gasteiger partial charge < -0.3 is 0 Å². The summed E-state index contributed by atoms with van der Waals surface area (Å²) in [5.74, 6) is 0. The first-order valence-electron chi connectivity index (χ1n) is 7.02. The fourth-order valence-electron chi connectivity index (χ4n) is 1.69. The molecule has 93 valence electrons. The standard InChI is InChI=1S/C16H29/c1-3-5-7-9-11-13-15-16-14-12-10-8-6-4-2/h7,9,11,13H,1,3-6,8,10,12,14-16H2,2H3/b9-7+,13-11+. The van der Waals surface area contributed by atoms with Crippen molar-refractivity contribution < 1.29 is 0 Å². The van der Waals surface area contributed by atoms with E-state index in [4.69, 9.17) is 0 Å².